The van der Waals surface area contributed by atoms with Crippen LogP contribution in [0.15, 0.2) is 78.1 Å². The molecule has 8 heteroatoms. The van der Waals surface area contributed by atoms with Gasteiger partial charge in [0.05, 0.1) is 29.6 Å². The van der Waals surface area contributed by atoms with Gasteiger partial charge in [0, 0.05) is 6.20 Å². The van der Waals surface area contributed by atoms with E-state index in [1.807, 2.05) is 71.3 Å². The molecular weight excluding hydrogens is 396 g/mol. The Morgan fingerprint density at radius 3 is 2.57 bits per heavy atom. The van der Waals surface area contributed by atoms with Crippen molar-refractivity contribution in [1.29, 1.82) is 0 Å². The molecule has 2 aromatic carbocycles. The Bertz CT molecular complexity index is 1250. The van der Waals surface area contributed by atoms with Gasteiger partial charge < -0.3 is 9.72 Å². The van der Waals surface area contributed by atoms with Gasteiger partial charge in [-0.3, -0.25) is 9.55 Å². The molecule has 0 radical (unpaired) electrons. The van der Waals surface area contributed by atoms with Gasteiger partial charge >= 0.3 is 0 Å². The molecule has 0 aliphatic carbocycles. The van der Waals surface area contributed by atoms with Crippen LogP contribution >= 0.6 is 11.8 Å². The Morgan fingerprint density at radius 2 is 1.80 bits per heavy atom. The fourth-order valence-corrected chi connectivity index (χ4v) is 4.02. The van der Waals surface area contributed by atoms with Crippen molar-refractivity contribution in [3.05, 3.63) is 78.8 Å². The summed E-state index contributed by atoms with van der Waals surface area (Å²) in [5, 5.41) is 9.64. The maximum Gasteiger partial charge on any atom is 0.196 e. The molecule has 0 saturated heterocycles. The van der Waals surface area contributed by atoms with E-state index in [-0.39, 0.29) is 0 Å². The van der Waals surface area contributed by atoms with Gasteiger partial charge in [-0.1, -0.05) is 30.0 Å². The van der Waals surface area contributed by atoms with Gasteiger partial charge in [-0.25, -0.2) is 4.98 Å². The number of ether oxygens (including phenoxy) is 1. The average molecular weight is 414 g/mol. The first-order valence-corrected chi connectivity index (χ1v) is 10.4. The molecule has 5 aromatic rings. The highest BCUT2D eigenvalue weighted by Crippen LogP contribution is 2.29. The van der Waals surface area contributed by atoms with Crippen LogP contribution in [0.3, 0.4) is 0 Å². The molecule has 0 spiro atoms. The van der Waals surface area contributed by atoms with E-state index in [0.717, 1.165) is 39.1 Å². The number of aromatic amines is 1. The molecular formula is C22H18N6OS. The van der Waals surface area contributed by atoms with E-state index in [1.165, 1.54) is 0 Å². The summed E-state index contributed by atoms with van der Waals surface area (Å²) in [6, 6.07) is 21.6. The van der Waals surface area contributed by atoms with Gasteiger partial charge in [-0.2, -0.15) is 0 Å². The zero-order valence-corrected chi connectivity index (χ0v) is 17.0. The van der Waals surface area contributed by atoms with Gasteiger partial charge in [0.1, 0.15) is 17.3 Å². The van der Waals surface area contributed by atoms with E-state index in [2.05, 4.69) is 25.1 Å². The summed E-state index contributed by atoms with van der Waals surface area (Å²) < 4.78 is 7.30. The van der Waals surface area contributed by atoms with E-state index in [0.29, 0.717) is 11.6 Å². The number of hydrogen-bond acceptors (Lipinski definition) is 6. The number of nitrogens with zero attached hydrogens (tertiary/aromatic N) is 5. The zero-order valence-electron chi connectivity index (χ0n) is 16.2. The summed E-state index contributed by atoms with van der Waals surface area (Å²) in [7, 11) is 1.65. The molecule has 0 aliphatic heterocycles. The predicted octanol–water partition coefficient (Wildman–Crippen LogP) is 4.51. The molecule has 0 aliphatic rings. The summed E-state index contributed by atoms with van der Waals surface area (Å²) in [4.78, 5) is 12.5. The Hall–Kier alpha value is -3.65. The lowest BCUT2D eigenvalue weighted by atomic mass is 10.3. The average Bonchev–Trinajstić information content (AvgIpc) is 3.42. The van der Waals surface area contributed by atoms with Crippen molar-refractivity contribution in [2.24, 2.45) is 0 Å². The second-order valence-electron chi connectivity index (χ2n) is 6.54. The first-order valence-electron chi connectivity index (χ1n) is 9.39. The summed E-state index contributed by atoms with van der Waals surface area (Å²) in [6.07, 6.45) is 1.75. The van der Waals surface area contributed by atoms with Crippen LogP contribution < -0.4 is 4.74 Å². The SMILES string of the molecule is COc1ccc(-n2c(SCc3nc4ccccc4[nH]3)nnc2-c2ccccn2)cc1. The highest BCUT2D eigenvalue weighted by molar-refractivity contribution is 7.98. The van der Waals surface area contributed by atoms with E-state index >= 15 is 0 Å². The molecule has 0 unspecified atom stereocenters. The third kappa shape index (κ3) is 3.53. The second kappa shape index (κ2) is 8.00. The number of benzene rings is 2. The highest BCUT2D eigenvalue weighted by atomic mass is 32.2. The number of nitrogens with one attached hydrogen (secondary N) is 1. The number of thioether (sulfide) groups is 1. The Labute approximate surface area is 177 Å². The number of hydrogen-bond donors (Lipinski definition) is 1. The molecule has 3 aromatic heterocycles. The minimum absolute atomic E-state index is 0.644. The summed E-state index contributed by atoms with van der Waals surface area (Å²) in [5.41, 5.74) is 3.68. The highest BCUT2D eigenvalue weighted by Gasteiger charge is 2.17. The van der Waals surface area contributed by atoms with Crippen molar-refractivity contribution in [2.75, 3.05) is 7.11 Å². The fourth-order valence-electron chi connectivity index (χ4n) is 3.20. The smallest absolute Gasteiger partial charge is 0.196 e. The molecule has 30 heavy (non-hydrogen) atoms. The number of rotatable bonds is 6. The van der Waals surface area contributed by atoms with Crippen LogP contribution in [-0.4, -0.2) is 36.8 Å². The van der Waals surface area contributed by atoms with Gasteiger partial charge in [0.25, 0.3) is 0 Å². The van der Waals surface area contributed by atoms with Gasteiger partial charge in [-0.15, -0.1) is 10.2 Å². The Kier molecular flexibility index (Phi) is 4.90. The van der Waals surface area contributed by atoms with Gasteiger partial charge in [0.2, 0.25) is 0 Å². The number of pyridine rings is 1. The monoisotopic (exact) mass is 414 g/mol. The van der Waals surface area contributed by atoms with Crippen LogP contribution in [0.5, 0.6) is 5.75 Å². The minimum Gasteiger partial charge on any atom is -0.497 e. The van der Waals surface area contributed by atoms with Crippen LogP contribution in [-0.2, 0) is 5.75 Å². The molecule has 0 atom stereocenters. The molecule has 0 bridgehead atoms. The van der Waals surface area contributed by atoms with Crippen LogP contribution in [0, 0.1) is 0 Å². The maximum absolute atomic E-state index is 5.30. The van der Waals surface area contributed by atoms with Crippen LogP contribution in [0.2, 0.25) is 0 Å². The van der Waals surface area contributed by atoms with Crippen molar-refractivity contribution in [3.63, 3.8) is 0 Å². The lowest BCUT2D eigenvalue weighted by Gasteiger charge is -2.10. The number of aromatic nitrogens is 6. The van der Waals surface area contributed by atoms with E-state index < -0.39 is 0 Å². The van der Waals surface area contributed by atoms with Crippen molar-refractivity contribution in [2.45, 2.75) is 10.9 Å². The third-order valence-electron chi connectivity index (χ3n) is 4.63. The van der Waals surface area contributed by atoms with Crippen molar-refractivity contribution in [1.82, 2.24) is 29.7 Å². The number of fused-ring (bicyclic) bond motifs is 1. The van der Waals surface area contributed by atoms with E-state index in [9.17, 15) is 0 Å². The zero-order chi connectivity index (χ0) is 20.3. The number of methoxy groups -OCH3 is 1. The number of imidazole rings is 1. The first kappa shape index (κ1) is 18.4. The lowest BCUT2D eigenvalue weighted by Crippen LogP contribution is -2.01. The fraction of sp³-hybridized carbons (Fsp3) is 0.0909. The molecule has 0 amide bonds. The van der Waals surface area contributed by atoms with Crippen LogP contribution in [0.4, 0.5) is 0 Å². The predicted molar refractivity (Wildman–Crippen MR) is 117 cm³/mol. The van der Waals surface area contributed by atoms with Gasteiger partial charge in [0.15, 0.2) is 11.0 Å². The maximum atomic E-state index is 5.30. The Morgan fingerprint density at radius 1 is 0.967 bits per heavy atom. The summed E-state index contributed by atoms with van der Waals surface area (Å²) in [6.45, 7) is 0. The van der Waals surface area contributed by atoms with Crippen LogP contribution in [0.25, 0.3) is 28.2 Å². The van der Waals surface area contributed by atoms with E-state index in [4.69, 9.17) is 4.74 Å². The van der Waals surface area contributed by atoms with Crippen molar-refractivity contribution >= 4 is 22.8 Å². The molecule has 0 fully saturated rings. The van der Waals surface area contributed by atoms with Crippen molar-refractivity contribution in [3.8, 4) is 23.0 Å². The summed E-state index contributed by atoms with van der Waals surface area (Å²) >= 11 is 1.57. The second-order valence-corrected chi connectivity index (χ2v) is 7.49. The van der Waals surface area contributed by atoms with Crippen LogP contribution in [0.1, 0.15) is 5.82 Å². The molecule has 148 valence electrons. The first-order chi connectivity index (χ1) is 14.8. The number of H-pyrrole nitrogens is 1. The molecule has 1 N–H and O–H groups in total. The number of para-hydroxylation sites is 2. The minimum atomic E-state index is 0.644. The topological polar surface area (TPSA) is 81.5 Å². The van der Waals surface area contributed by atoms with Crippen molar-refractivity contribution < 1.29 is 4.74 Å². The molecule has 0 saturated carbocycles. The molecule has 5 rings (SSSR count). The largest absolute Gasteiger partial charge is 0.497 e. The molecule has 7 nitrogen and oxygen atoms in total. The third-order valence-corrected chi connectivity index (χ3v) is 5.57. The molecule has 3 heterocycles. The normalized spacial score (nSPS) is 11.1. The summed E-state index contributed by atoms with van der Waals surface area (Å²) in [5.74, 6) is 3.02. The lowest BCUT2D eigenvalue weighted by molar-refractivity contribution is 0.414. The standard InChI is InChI=1S/C22H18N6OS/c1-29-16-11-9-15(10-12-16)28-21(19-8-4-5-13-23-19)26-27-22(28)30-14-20-24-17-6-2-3-7-18(17)25-20/h2-13H,14H2,1H3,(H,24,25). The van der Waals surface area contributed by atoms with E-state index in [1.54, 1.807) is 25.1 Å². The quantitative estimate of drug-likeness (QED) is 0.412. The Balaban J connectivity index is 1.51. The van der Waals surface area contributed by atoms with Gasteiger partial charge in [-0.05, 0) is 48.5 Å².